The number of hydrogen-bond donors (Lipinski definition) is 2. The van der Waals surface area contributed by atoms with Crippen LogP contribution in [0.3, 0.4) is 0 Å². The summed E-state index contributed by atoms with van der Waals surface area (Å²) in [7, 11) is 0. The molecule has 0 radical (unpaired) electrons. The zero-order chi connectivity index (χ0) is 15.5. The highest BCUT2D eigenvalue weighted by Gasteiger charge is 2.28. The molecule has 3 N–H and O–H groups in total. The minimum absolute atomic E-state index is 0. The zero-order valence-corrected chi connectivity index (χ0v) is 15.3. The van der Waals surface area contributed by atoms with Crippen LogP contribution >= 0.6 is 36.4 Å². The van der Waals surface area contributed by atoms with Gasteiger partial charge in [0.2, 0.25) is 0 Å². The van der Waals surface area contributed by atoms with Crippen LogP contribution in [0.5, 0.6) is 0 Å². The fraction of sp³-hybridized carbons (Fsp3) is 0.294. The number of halogens is 3. The van der Waals surface area contributed by atoms with Crippen molar-refractivity contribution in [3.8, 4) is 11.1 Å². The van der Waals surface area contributed by atoms with Crippen LogP contribution in [0.15, 0.2) is 42.7 Å². The number of hydrogen-bond acceptors (Lipinski definition) is 3. The van der Waals surface area contributed by atoms with Gasteiger partial charge in [0.25, 0.3) is 5.91 Å². The molecule has 1 saturated carbocycles. The van der Waals surface area contributed by atoms with Crippen molar-refractivity contribution >= 4 is 42.3 Å². The monoisotopic (exact) mass is 387 g/mol. The summed E-state index contributed by atoms with van der Waals surface area (Å²) in [5, 5.41) is 3.56. The lowest BCUT2D eigenvalue weighted by molar-refractivity contribution is 0.0950. The van der Waals surface area contributed by atoms with E-state index in [0.29, 0.717) is 23.0 Å². The maximum absolute atomic E-state index is 12.2. The van der Waals surface area contributed by atoms with Crippen LogP contribution in [0.2, 0.25) is 5.02 Å². The van der Waals surface area contributed by atoms with Gasteiger partial charge < -0.3 is 11.1 Å². The second kappa shape index (κ2) is 9.23. The van der Waals surface area contributed by atoms with Crippen LogP contribution in [-0.2, 0) is 0 Å². The Kier molecular flexibility index (Phi) is 7.97. The summed E-state index contributed by atoms with van der Waals surface area (Å²) in [6.07, 6.45) is 5.64. The van der Waals surface area contributed by atoms with Gasteiger partial charge in [0, 0.05) is 35.6 Å². The van der Waals surface area contributed by atoms with E-state index >= 15 is 0 Å². The lowest BCUT2D eigenvalue weighted by atomic mass is 10.1. The van der Waals surface area contributed by atoms with E-state index in [2.05, 4.69) is 10.3 Å². The van der Waals surface area contributed by atoms with E-state index in [4.69, 9.17) is 17.3 Å². The lowest BCUT2D eigenvalue weighted by Crippen LogP contribution is -2.38. The van der Waals surface area contributed by atoms with Gasteiger partial charge in [0.1, 0.15) is 0 Å². The second-order valence-electron chi connectivity index (χ2n) is 5.68. The number of pyridine rings is 1. The number of rotatable bonds is 5. The highest BCUT2D eigenvalue weighted by atomic mass is 35.5. The summed E-state index contributed by atoms with van der Waals surface area (Å²) in [5.74, 6) is 0.429. The molecule has 1 unspecified atom stereocenters. The fourth-order valence-corrected chi connectivity index (χ4v) is 2.49. The average molecular weight is 389 g/mol. The fourth-order valence-electron chi connectivity index (χ4n) is 2.37. The highest BCUT2D eigenvalue weighted by molar-refractivity contribution is 6.30. The van der Waals surface area contributed by atoms with E-state index in [9.17, 15) is 4.79 Å². The Labute approximate surface area is 159 Å². The molecule has 4 nitrogen and oxygen atoms in total. The normalized spacial score (nSPS) is 14.1. The van der Waals surface area contributed by atoms with Gasteiger partial charge in [-0.15, -0.1) is 24.8 Å². The van der Waals surface area contributed by atoms with E-state index in [-0.39, 0.29) is 36.8 Å². The predicted molar refractivity (Wildman–Crippen MR) is 102 cm³/mol. The third kappa shape index (κ3) is 5.35. The Morgan fingerprint density at radius 3 is 2.50 bits per heavy atom. The van der Waals surface area contributed by atoms with Crippen LogP contribution in [0.4, 0.5) is 0 Å². The molecule has 1 fully saturated rings. The molecule has 1 amide bonds. The molecule has 1 aromatic carbocycles. The molecule has 0 bridgehead atoms. The molecule has 0 aliphatic heterocycles. The predicted octanol–water partition coefficient (Wildman–Crippen LogP) is 3.71. The number of aromatic nitrogens is 1. The molecular formula is C17H20Cl3N3O. The third-order valence-corrected chi connectivity index (χ3v) is 4.16. The standard InChI is InChI=1S/C17H18ClN3O.2ClH/c18-15-5-3-11(4-6-15)13-7-14(9-20-8-13)17(22)21-10-16(19)12-1-2-12;;/h3-9,12,16H,1-2,10,19H2,(H,21,22);2*1H. The average Bonchev–Trinajstić information content (AvgIpc) is 3.38. The van der Waals surface area contributed by atoms with Crippen LogP contribution < -0.4 is 11.1 Å². The number of nitrogens with zero attached hydrogens (tertiary/aromatic N) is 1. The van der Waals surface area contributed by atoms with Crippen molar-refractivity contribution in [3.63, 3.8) is 0 Å². The van der Waals surface area contributed by atoms with Gasteiger partial charge in [-0.05, 0) is 42.5 Å². The van der Waals surface area contributed by atoms with E-state index in [1.54, 1.807) is 12.4 Å². The molecular weight excluding hydrogens is 369 g/mol. The van der Waals surface area contributed by atoms with Gasteiger partial charge in [-0.3, -0.25) is 9.78 Å². The summed E-state index contributed by atoms with van der Waals surface area (Å²) in [4.78, 5) is 16.4. The largest absolute Gasteiger partial charge is 0.350 e. The Bertz CT molecular complexity index is 675. The SMILES string of the molecule is Cl.Cl.NC(CNC(=O)c1cncc(-c2ccc(Cl)cc2)c1)C1CC1. The van der Waals surface area contributed by atoms with Crippen LogP contribution in [-0.4, -0.2) is 23.5 Å². The van der Waals surface area contributed by atoms with Crippen molar-refractivity contribution in [2.75, 3.05) is 6.54 Å². The van der Waals surface area contributed by atoms with Crippen molar-refractivity contribution < 1.29 is 4.79 Å². The molecule has 24 heavy (non-hydrogen) atoms. The Hall–Kier alpha value is -1.33. The zero-order valence-electron chi connectivity index (χ0n) is 12.9. The second-order valence-corrected chi connectivity index (χ2v) is 6.12. The van der Waals surface area contributed by atoms with Gasteiger partial charge >= 0.3 is 0 Å². The first-order chi connectivity index (χ1) is 10.6. The Morgan fingerprint density at radius 1 is 1.21 bits per heavy atom. The molecule has 1 aliphatic rings. The van der Waals surface area contributed by atoms with Gasteiger partial charge in [-0.25, -0.2) is 0 Å². The highest BCUT2D eigenvalue weighted by Crippen LogP contribution is 2.31. The van der Waals surface area contributed by atoms with Gasteiger partial charge in [0.15, 0.2) is 0 Å². The molecule has 1 aliphatic carbocycles. The number of nitrogens with two attached hydrogens (primary N) is 1. The molecule has 2 aromatic rings. The van der Waals surface area contributed by atoms with E-state index < -0.39 is 0 Å². The van der Waals surface area contributed by atoms with Crippen LogP contribution in [0.1, 0.15) is 23.2 Å². The first kappa shape index (κ1) is 20.7. The number of carbonyl (C=O) groups is 1. The van der Waals surface area contributed by atoms with Crippen molar-refractivity contribution in [2.45, 2.75) is 18.9 Å². The summed E-state index contributed by atoms with van der Waals surface area (Å²) >= 11 is 5.89. The first-order valence-electron chi connectivity index (χ1n) is 7.38. The van der Waals surface area contributed by atoms with E-state index in [1.807, 2.05) is 30.3 Å². The molecule has 7 heteroatoms. The minimum atomic E-state index is -0.139. The number of nitrogens with one attached hydrogen (secondary N) is 1. The quantitative estimate of drug-likeness (QED) is 0.820. The van der Waals surface area contributed by atoms with Gasteiger partial charge in [-0.1, -0.05) is 23.7 Å². The molecule has 130 valence electrons. The first-order valence-corrected chi connectivity index (χ1v) is 7.76. The summed E-state index contributed by atoms with van der Waals surface area (Å²) in [6.45, 7) is 0.509. The third-order valence-electron chi connectivity index (χ3n) is 3.90. The van der Waals surface area contributed by atoms with Gasteiger partial charge in [-0.2, -0.15) is 0 Å². The molecule has 1 aromatic heterocycles. The number of benzene rings is 1. The topological polar surface area (TPSA) is 68.0 Å². The maximum Gasteiger partial charge on any atom is 0.252 e. The summed E-state index contributed by atoms with van der Waals surface area (Å²) < 4.78 is 0. The number of carbonyl (C=O) groups excluding carboxylic acids is 1. The Morgan fingerprint density at radius 2 is 1.88 bits per heavy atom. The van der Waals surface area contributed by atoms with Crippen LogP contribution in [0, 0.1) is 5.92 Å². The van der Waals surface area contributed by atoms with Crippen molar-refractivity contribution in [1.29, 1.82) is 0 Å². The van der Waals surface area contributed by atoms with Crippen molar-refractivity contribution in [3.05, 3.63) is 53.3 Å². The molecule has 0 spiro atoms. The smallest absolute Gasteiger partial charge is 0.252 e. The van der Waals surface area contributed by atoms with Crippen LogP contribution in [0.25, 0.3) is 11.1 Å². The molecule has 3 rings (SSSR count). The lowest BCUT2D eigenvalue weighted by Gasteiger charge is -2.12. The molecule has 0 saturated heterocycles. The molecule has 1 heterocycles. The van der Waals surface area contributed by atoms with Crippen molar-refractivity contribution in [1.82, 2.24) is 10.3 Å². The Balaban J connectivity index is 0.00000144. The van der Waals surface area contributed by atoms with Crippen molar-refractivity contribution in [2.24, 2.45) is 11.7 Å². The van der Waals surface area contributed by atoms with Gasteiger partial charge in [0.05, 0.1) is 5.56 Å². The summed E-state index contributed by atoms with van der Waals surface area (Å²) in [6, 6.07) is 9.33. The number of amides is 1. The van der Waals surface area contributed by atoms with E-state index in [1.165, 1.54) is 12.8 Å². The molecule has 1 atom stereocenters. The van der Waals surface area contributed by atoms with E-state index in [0.717, 1.165) is 11.1 Å². The maximum atomic E-state index is 12.2. The minimum Gasteiger partial charge on any atom is -0.350 e. The summed E-state index contributed by atoms with van der Waals surface area (Å²) in [5.41, 5.74) is 8.39.